The van der Waals surface area contributed by atoms with Gasteiger partial charge >= 0.3 is 0 Å². The second-order valence-corrected chi connectivity index (χ2v) is 12.4. The molecule has 0 N–H and O–H groups in total. The molecule has 2 fully saturated rings. The molecule has 11 nitrogen and oxygen atoms in total. The number of likely N-dealkylation sites (N-methyl/N-ethyl adjacent to an activating group) is 2. The van der Waals surface area contributed by atoms with Gasteiger partial charge in [0.1, 0.15) is 12.6 Å². The summed E-state index contributed by atoms with van der Waals surface area (Å²) in [4.78, 5) is 58.1. The van der Waals surface area contributed by atoms with E-state index in [9.17, 15) is 19.2 Å². The predicted octanol–water partition coefficient (Wildman–Crippen LogP) is 2.40. The Kier molecular flexibility index (Phi) is 12.4. The van der Waals surface area contributed by atoms with Crippen LogP contribution in [0.4, 0.5) is 0 Å². The van der Waals surface area contributed by atoms with Crippen LogP contribution in [0.2, 0.25) is 0 Å². The standard InChI is InChI=1S/C31H52N6O5/c1-24-26(21-32-36(24)6)12-13-28(39)33(3)17-9-7-11-27-30(41)34(4)18-10-8-14-31(23-42-22-29(40)35(27)5)15-19-37(20-16-31)25(2)38/h21,27H,7-20,22-23H2,1-6H3/t27-/m0/s1. The van der Waals surface area contributed by atoms with Gasteiger partial charge in [0, 0.05) is 73.4 Å². The van der Waals surface area contributed by atoms with Crippen molar-refractivity contribution in [2.75, 3.05) is 60.5 Å². The summed E-state index contributed by atoms with van der Waals surface area (Å²) in [5.41, 5.74) is 2.12. The SMILES string of the molecule is CC(=O)N1CCC2(CCCCN(C)C(=O)[C@H](CCCCN(C)C(=O)CCc3cnn(C)c3C)N(C)C(=O)COC2)CC1. The lowest BCUT2D eigenvalue weighted by Gasteiger charge is -2.41. The molecule has 0 bridgehead atoms. The Labute approximate surface area is 251 Å². The average molecular weight is 589 g/mol. The number of hydrogen-bond donors (Lipinski definition) is 0. The molecule has 0 aromatic carbocycles. The summed E-state index contributed by atoms with van der Waals surface area (Å²) in [6.07, 6.45) is 9.48. The van der Waals surface area contributed by atoms with Crippen LogP contribution in [0.25, 0.3) is 0 Å². The van der Waals surface area contributed by atoms with E-state index >= 15 is 0 Å². The summed E-state index contributed by atoms with van der Waals surface area (Å²) in [6, 6.07) is -0.561. The third-order valence-corrected chi connectivity index (χ3v) is 9.47. The average Bonchev–Trinajstić information content (AvgIpc) is 3.29. The highest BCUT2D eigenvalue weighted by Gasteiger charge is 2.36. The van der Waals surface area contributed by atoms with E-state index in [2.05, 4.69) is 5.10 Å². The topological polar surface area (TPSA) is 108 Å². The fourth-order valence-corrected chi connectivity index (χ4v) is 6.12. The second-order valence-electron chi connectivity index (χ2n) is 12.4. The summed E-state index contributed by atoms with van der Waals surface area (Å²) in [5.74, 6) is -0.0565. The van der Waals surface area contributed by atoms with Gasteiger partial charge in [-0.15, -0.1) is 0 Å². The van der Waals surface area contributed by atoms with Crippen molar-refractivity contribution in [3.8, 4) is 0 Å². The zero-order chi connectivity index (χ0) is 30.9. The van der Waals surface area contributed by atoms with E-state index in [4.69, 9.17) is 4.74 Å². The minimum atomic E-state index is -0.561. The van der Waals surface area contributed by atoms with Crippen LogP contribution in [0, 0.1) is 12.3 Å². The van der Waals surface area contributed by atoms with E-state index < -0.39 is 6.04 Å². The monoisotopic (exact) mass is 588 g/mol. The highest BCUT2D eigenvalue weighted by atomic mass is 16.5. The number of aryl methyl sites for hydroxylation is 2. The number of ether oxygens (including phenoxy) is 1. The van der Waals surface area contributed by atoms with Crippen molar-refractivity contribution >= 4 is 23.6 Å². The fourth-order valence-electron chi connectivity index (χ4n) is 6.12. The van der Waals surface area contributed by atoms with Gasteiger partial charge in [-0.25, -0.2) is 0 Å². The lowest BCUT2D eigenvalue weighted by Crippen LogP contribution is -2.49. The Morgan fingerprint density at radius 1 is 1.07 bits per heavy atom. The number of unbranched alkanes of at least 4 members (excludes halogenated alkanes) is 1. The van der Waals surface area contributed by atoms with E-state index in [0.717, 1.165) is 69.3 Å². The molecule has 2 aliphatic heterocycles. The molecule has 1 spiro atoms. The maximum absolute atomic E-state index is 13.5. The molecule has 1 aromatic rings. The summed E-state index contributed by atoms with van der Waals surface area (Å²) in [6.45, 7) is 6.73. The van der Waals surface area contributed by atoms with E-state index in [0.29, 0.717) is 39.0 Å². The molecule has 0 unspecified atom stereocenters. The van der Waals surface area contributed by atoms with Gasteiger partial charge in [0.2, 0.25) is 23.6 Å². The Balaban J connectivity index is 1.52. The molecule has 3 heterocycles. The van der Waals surface area contributed by atoms with Crippen LogP contribution in [0.15, 0.2) is 6.20 Å². The Morgan fingerprint density at radius 2 is 1.79 bits per heavy atom. The number of amides is 4. The number of likely N-dealkylation sites (tertiary alicyclic amines) is 1. The first-order valence-corrected chi connectivity index (χ1v) is 15.5. The highest BCUT2D eigenvalue weighted by Crippen LogP contribution is 2.37. The van der Waals surface area contributed by atoms with Gasteiger partial charge in [0.15, 0.2) is 0 Å². The predicted molar refractivity (Wildman–Crippen MR) is 161 cm³/mol. The Morgan fingerprint density at radius 3 is 2.43 bits per heavy atom. The minimum absolute atomic E-state index is 0.0406. The van der Waals surface area contributed by atoms with Gasteiger partial charge < -0.3 is 24.3 Å². The van der Waals surface area contributed by atoms with E-state index in [-0.39, 0.29) is 35.7 Å². The first-order chi connectivity index (χ1) is 19.9. The summed E-state index contributed by atoms with van der Waals surface area (Å²) in [5, 5.41) is 4.25. The third kappa shape index (κ3) is 9.02. The number of nitrogens with zero attached hydrogens (tertiary/aromatic N) is 6. The molecule has 1 aromatic heterocycles. The first kappa shape index (κ1) is 33.6. The number of carbonyl (C=O) groups excluding carboxylic acids is 4. The van der Waals surface area contributed by atoms with Crippen molar-refractivity contribution in [2.24, 2.45) is 12.5 Å². The van der Waals surface area contributed by atoms with Crippen molar-refractivity contribution in [1.82, 2.24) is 29.4 Å². The van der Waals surface area contributed by atoms with Crippen molar-refractivity contribution in [3.05, 3.63) is 17.5 Å². The van der Waals surface area contributed by atoms with Crippen LogP contribution in [0.3, 0.4) is 0 Å². The molecule has 0 aliphatic carbocycles. The third-order valence-electron chi connectivity index (χ3n) is 9.47. The molecule has 1 atom stereocenters. The van der Waals surface area contributed by atoms with Crippen LogP contribution in [-0.4, -0.2) is 120 Å². The van der Waals surface area contributed by atoms with Gasteiger partial charge in [0.25, 0.3) is 0 Å². The quantitative estimate of drug-likeness (QED) is 0.432. The summed E-state index contributed by atoms with van der Waals surface area (Å²) < 4.78 is 7.82. The molecule has 2 saturated heterocycles. The lowest BCUT2D eigenvalue weighted by atomic mass is 9.75. The van der Waals surface area contributed by atoms with E-state index in [1.165, 1.54) is 0 Å². The van der Waals surface area contributed by atoms with Crippen LogP contribution in [0.5, 0.6) is 0 Å². The molecule has 42 heavy (non-hydrogen) atoms. The van der Waals surface area contributed by atoms with Gasteiger partial charge in [-0.2, -0.15) is 5.10 Å². The summed E-state index contributed by atoms with van der Waals surface area (Å²) in [7, 11) is 7.23. The van der Waals surface area contributed by atoms with E-state index in [1.54, 1.807) is 28.7 Å². The van der Waals surface area contributed by atoms with Crippen molar-refractivity contribution in [3.63, 3.8) is 0 Å². The Bertz CT molecular complexity index is 1080. The van der Waals surface area contributed by atoms with Crippen LogP contribution in [0.1, 0.15) is 76.0 Å². The van der Waals surface area contributed by atoms with Crippen molar-refractivity contribution in [1.29, 1.82) is 0 Å². The molecule has 0 radical (unpaired) electrons. The zero-order valence-corrected chi connectivity index (χ0v) is 26.7. The molecular formula is C31H52N6O5. The van der Waals surface area contributed by atoms with Crippen molar-refractivity contribution in [2.45, 2.75) is 84.1 Å². The van der Waals surface area contributed by atoms with Gasteiger partial charge in [-0.1, -0.05) is 6.42 Å². The number of aromatic nitrogens is 2. The van der Waals surface area contributed by atoms with Crippen molar-refractivity contribution < 1.29 is 23.9 Å². The molecule has 236 valence electrons. The Hall–Kier alpha value is -2.95. The smallest absolute Gasteiger partial charge is 0.248 e. The fraction of sp³-hybridized carbons (Fsp3) is 0.774. The summed E-state index contributed by atoms with van der Waals surface area (Å²) >= 11 is 0. The molecule has 11 heteroatoms. The molecule has 2 aliphatic rings. The van der Waals surface area contributed by atoms with Crippen LogP contribution in [-0.2, 0) is 37.4 Å². The highest BCUT2D eigenvalue weighted by molar-refractivity contribution is 5.88. The molecular weight excluding hydrogens is 536 g/mol. The van der Waals surface area contributed by atoms with Gasteiger partial charge in [-0.3, -0.25) is 23.9 Å². The maximum atomic E-state index is 13.5. The minimum Gasteiger partial charge on any atom is -0.371 e. The largest absolute Gasteiger partial charge is 0.371 e. The maximum Gasteiger partial charge on any atom is 0.248 e. The number of rotatable bonds is 8. The lowest BCUT2D eigenvalue weighted by molar-refractivity contribution is -0.147. The molecule has 4 amide bonds. The van der Waals surface area contributed by atoms with E-state index in [1.807, 2.05) is 43.8 Å². The number of carbonyl (C=O) groups is 4. The molecule has 0 saturated carbocycles. The number of hydrogen-bond acceptors (Lipinski definition) is 6. The zero-order valence-electron chi connectivity index (χ0n) is 26.7. The normalized spacial score (nSPS) is 20.7. The van der Waals surface area contributed by atoms with Gasteiger partial charge in [-0.05, 0) is 69.3 Å². The number of piperidine rings is 1. The van der Waals surface area contributed by atoms with Crippen LogP contribution < -0.4 is 0 Å². The van der Waals surface area contributed by atoms with Gasteiger partial charge in [0.05, 0.1) is 12.8 Å². The van der Waals surface area contributed by atoms with Crippen LogP contribution >= 0.6 is 0 Å². The first-order valence-electron chi connectivity index (χ1n) is 15.5. The molecule has 3 rings (SSSR count). The second kappa shape index (κ2) is 15.5.